The predicted molar refractivity (Wildman–Crippen MR) is 98.4 cm³/mol. The fourth-order valence-electron chi connectivity index (χ4n) is 6.24. The Balaban J connectivity index is 1.20. The van der Waals surface area contributed by atoms with E-state index in [1.165, 1.54) is 6.42 Å². The lowest BCUT2D eigenvalue weighted by molar-refractivity contribution is -0.177. The maximum Gasteiger partial charge on any atom is 0.306 e. The lowest BCUT2D eigenvalue weighted by atomic mass is 9.47. The Morgan fingerprint density at radius 2 is 1.93 bits per heavy atom. The first-order valence-corrected chi connectivity index (χ1v) is 9.90. The van der Waals surface area contributed by atoms with E-state index in [-0.39, 0.29) is 18.0 Å². The Hall–Kier alpha value is -2.14. The topological polar surface area (TPSA) is 72.6 Å². The molecule has 5 heteroatoms. The number of aromatic nitrogens is 1. The largest absolute Gasteiger partial charge is 0.459 e. The van der Waals surface area contributed by atoms with Crippen LogP contribution in [-0.2, 0) is 16.1 Å². The van der Waals surface area contributed by atoms with Gasteiger partial charge in [0, 0.05) is 11.6 Å². The van der Waals surface area contributed by atoms with Gasteiger partial charge in [0.05, 0.1) is 12.0 Å². The minimum absolute atomic E-state index is 0.0606. The van der Waals surface area contributed by atoms with E-state index >= 15 is 0 Å². The van der Waals surface area contributed by atoms with Crippen LogP contribution >= 0.6 is 0 Å². The number of nitrogens with zero attached hydrogens (tertiary/aromatic N) is 1. The highest BCUT2D eigenvalue weighted by atomic mass is 16.5. The highest BCUT2D eigenvalue weighted by molar-refractivity contribution is 5.70. The first kappa shape index (κ1) is 17.0. The number of hydrogen-bond acceptors (Lipinski definition) is 5. The van der Waals surface area contributed by atoms with Gasteiger partial charge in [-0.25, -0.2) is 0 Å². The SMILES string of the molecule is O=C(CC12C[C@H]3C[C@@H](CC(O)(C3)C1)C2)OCc1cc(-c2ccccc2)on1. The Labute approximate surface area is 158 Å². The maximum absolute atomic E-state index is 12.5. The summed E-state index contributed by atoms with van der Waals surface area (Å²) in [6.07, 6.45) is 6.34. The van der Waals surface area contributed by atoms with E-state index in [1.807, 2.05) is 36.4 Å². The van der Waals surface area contributed by atoms with Gasteiger partial charge >= 0.3 is 5.97 Å². The number of carbonyl (C=O) groups is 1. The number of benzene rings is 1. The Bertz CT molecular complexity index is 829. The maximum atomic E-state index is 12.5. The molecule has 0 aliphatic heterocycles. The predicted octanol–water partition coefficient (Wildman–Crippen LogP) is 4.11. The molecule has 0 amide bonds. The van der Waals surface area contributed by atoms with E-state index in [0.717, 1.165) is 37.7 Å². The molecule has 27 heavy (non-hydrogen) atoms. The van der Waals surface area contributed by atoms with Crippen molar-refractivity contribution in [3.8, 4) is 11.3 Å². The van der Waals surface area contributed by atoms with Gasteiger partial charge in [-0.1, -0.05) is 35.5 Å². The third kappa shape index (κ3) is 3.29. The van der Waals surface area contributed by atoms with Crippen molar-refractivity contribution in [1.29, 1.82) is 0 Å². The fourth-order valence-corrected chi connectivity index (χ4v) is 6.24. The molecule has 0 spiro atoms. The van der Waals surface area contributed by atoms with Crippen LogP contribution < -0.4 is 0 Å². The van der Waals surface area contributed by atoms with Crippen molar-refractivity contribution in [3.05, 3.63) is 42.1 Å². The van der Waals surface area contributed by atoms with Crippen LogP contribution in [0.4, 0.5) is 0 Å². The third-order valence-electron chi connectivity index (χ3n) is 6.67. The zero-order chi connectivity index (χ0) is 18.5. The smallest absolute Gasteiger partial charge is 0.306 e. The van der Waals surface area contributed by atoms with Crippen molar-refractivity contribution in [2.24, 2.45) is 17.3 Å². The van der Waals surface area contributed by atoms with Crippen molar-refractivity contribution < 1.29 is 19.2 Å². The summed E-state index contributed by atoms with van der Waals surface area (Å²) in [4.78, 5) is 12.5. The van der Waals surface area contributed by atoms with Crippen molar-refractivity contribution >= 4 is 5.97 Å². The van der Waals surface area contributed by atoms with Crippen LogP contribution in [0.5, 0.6) is 0 Å². The molecule has 1 N–H and O–H groups in total. The summed E-state index contributed by atoms with van der Waals surface area (Å²) in [5, 5.41) is 14.8. The molecule has 4 aliphatic carbocycles. The number of aliphatic hydroxyl groups is 1. The lowest BCUT2D eigenvalue weighted by Gasteiger charge is -2.60. The number of esters is 1. The molecule has 0 radical (unpaired) electrons. The second kappa shape index (κ2) is 6.20. The van der Waals surface area contributed by atoms with Crippen molar-refractivity contribution in [3.63, 3.8) is 0 Å². The number of rotatable bonds is 5. The van der Waals surface area contributed by atoms with E-state index in [0.29, 0.717) is 29.7 Å². The van der Waals surface area contributed by atoms with E-state index in [4.69, 9.17) is 9.26 Å². The summed E-state index contributed by atoms with van der Waals surface area (Å²) in [5.74, 6) is 1.64. The minimum atomic E-state index is -0.541. The molecule has 4 bridgehead atoms. The van der Waals surface area contributed by atoms with E-state index in [1.54, 1.807) is 0 Å². The van der Waals surface area contributed by atoms with Crippen molar-refractivity contribution in [1.82, 2.24) is 5.16 Å². The van der Waals surface area contributed by atoms with E-state index < -0.39 is 5.60 Å². The summed E-state index contributed by atoms with van der Waals surface area (Å²) in [7, 11) is 0. The summed E-state index contributed by atoms with van der Waals surface area (Å²) < 4.78 is 10.9. The van der Waals surface area contributed by atoms with Crippen LogP contribution in [0.1, 0.15) is 50.6 Å². The molecule has 5 nitrogen and oxygen atoms in total. The monoisotopic (exact) mass is 367 g/mol. The molecule has 1 aromatic carbocycles. The van der Waals surface area contributed by atoms with Crippen molar-refractivity contribution in [2.45, 2.75) is 57.2 Å². The van der Waals surface area contributed by atoms with Crippen LogP contribution in [0.2, 0.25) is 0 Å². The molecule has 4 fully saturated rings. The van der Waals surface area contributed by atoms with Gasteiger partial charge in [-0.3, -0.25) is 4.79 Å². The van der Waals surface area contributed by atoms with E-state index in [2.05, 4.69) is 5.16 Å². The van der Waals surface area contributed by atoms with Crippen LogP contribution in [0.25, 0.3) is 11.3 Å². The Kier molecular flexibility index (Phi) is 3.90. The fraction of sp³-hybridized carbons (Fsp3) is 0.545. The van der Waals surface area contributed by atoms with Crippen LogP contribution in [-0.4, -0.2) is 21.8 Å². The first-order valence-electron chi connectivity index (χ1n) is 9.90. The molecular formula is C22H25NO4. The molecule has 4 saturated carbocycles. The summed E-state index contributed by atoms with van der Waals surface area (Å²) in [6, 6.07) is 11.6. The Morgan fingerprint density at radius 3 is 2.63 bits per heavy atom. The number of ether oxygens (including phenoxy) is 1. The van der Waals surface area contributed by atoms with Gasteiger partial charge in [-0.05, 0) is 55.8 Å². The molecule has 2 aromatic rings. The molecule has 0 unspecified atom stereocenters. The first-order chi connectivity index (χ1) is 13.0. The van der Waals surface area contributed by atoms with Crippen LogP contribution in [0, 0.1) is 17.3 Å². The van der Waals surface area contributed by atoms with Gasteiger partial charge in [0.2, 0.25) is 0 Å². The molecule has 6 rings (SSSR count). The minimum Gasteiger partial charge on any atom is -0.459 e. The quantitative estimate of drug-likeness (QED) is 0.805. The molecular weight excluding hydrogens is 342 g/mol. The molecule has 1 heterocycles. The van der Waals surface area contributed by atoms with Gasteiger partial charge in [0.15, 0.2) is 5.76 Å². The number of carbonyl (C=O) groups excluding carboxylic acids is 1. The summed E-state index contributed by atoms with van der Waals surface area (Å²) in [5.41, 5.74) is 0.964. The molecule has 142 valence electrons. The van der Waals surface area contributed by atoms with Gasteiger partial charge in [-0.2, -0.15) is 0 Å². The average molecular weight is 367 g/mol. The highest BCUT2D eigenvalue weighted by Crippen LogP contribution is 2.62. The third-order valence-corrected chi connectivity index (χ3v) is 6.67. The van der Waals surface area contributed by atoms with Crippen LogP contribution in [0.15, 0.2) is 40.9 Å². The van der Waals surface area contributed by atoms with Gasteiger partial charge < -0.3 is 14.4 Å². The summed E-state index contributed by atoms with van der Waals surface area (Å²) >= 11 is 0. The van der Waals surface area contributed by atoms with Crippen molar-refractivity contribution in [2.75, 3.05) is 0 Å². The van der Waals surface area contributed by atoms with E-state index in [9.17, 15) is 9.90 Å². The normalized spacial score (nSPS) is 34.0. The molecule has 1 aromatic heterocycles. The highest BCUT2D eigenvalue weighted by Gasteiger charge is 2.57. The standard InChI is InChI=1S/C22H25NO4/c24-20(12-21-8-15-6-16(9-21)11-22(25,10-15)14-21)26-13-18-7-19(27-23-18)17-4-2-1-3-5-17/h1-5,7,15-16,25H,6,8-14H2/t15-,16-,21?,22?/m1/s1. The summed E-state index contributed by atoms with van der Waals surface area (Å²) in [6.45, 7) is 0.127. The van der Waals surface area contributed by atoms with Gasteiger partial charge in [0.1, 0.15) is 12.3 Å². The second-order valence-corrected chi connectivity index (χ2v) is 9.07. The molecule has 4 aliphatic rings. The second-order valence-electron chi connectivity index (χ2n) is 9.07. The van der Waals surface area contributed by atoms with Gasteiger partial charge in [-0.15, -0.1) is 0 Å². The lowest BCUT2D eigenvalue weighted by Crippen LogP contribution is -2.56. The zero-order valence-corrected chi connectivity index (χ0v) is 15.4. The average Bonchev–Trinajstić information content (AvgIpc) is 3.07. The zero-order valence-electron chi connectivity index (χ0n) is 15.4. The number of hydrogen-bond donors (Lipinski definition) is 1. The Morgan fingerprint density at radius 1 is 1.19 bits per heavy atom. The van der Waals surface area contributed by atoms with Gasteiger partial charge in [0.25, 0.3) is 0 Å². The molecule has 0 saturated heterocycles. The van der Waals surface area contributed by atoms with Crippen LogP contribution in [0.3, 0.4) is 0 Å². The molecule has 2 atom stereocenters.